The highest BCUT2D eigenvalue weighted by Gasteiger charge is 2.17. The van der Waals surface area contributed by atoms with Crippen LogP contribution in [0, 0.1) is 13.8 Å². The van der Waals surface area contributed by atoms with E-state index in [1.54, 1.807) is 30.3 Å². The summed E-state index contributed by atoms with van der Waals surface area (Å²) in [5.41, 5.74) is 3.83. The number of rotatable bonds is 5. The van der Waals surface area contributed by atoms with E-state index in [0.717, 1.165) is 22.1 Å². The summed E-state index contributed by atoms with van der Waals surface area (Å²) in [4.78, 5) is 12.4. The van der Waals surface area contributed by atoms with Crippen LogP contribution in [-0.4, -0.2) is 28.8 Å². The van der Waals surface area contributed by atoms with Crippen molar-refractivity contribution in [1.82, 2.24) is 5.32 Å². The van der Waals surface area contributed by atoms with Crippen LogP contribution in [-0.2, 0) is 6.42 Å². The van der Waals surface area contributed by atoms with Crippen LogP contribution in [0.5, 0.6) is 5.75 Å². The van der Waals surface area contributed by atoms with E-state index in [-0.39, 0.29) is 24.0 Å². The number of phenolic OH excluding ortho intramolecular Hbond substituents is 1. The summed E-state index contributed by atoms with van der Waals surface area (Å²) in [5, 5.41) is 22.5. The number of furan rings is 1. The molecule has 1 amide bonds. The van der Waals surface area contributed by atoms with Gasteiger partial charge < -0.3 is 19.9 Å². The SMILES string of the molecule is Cc1cc2cc(C(=O)N[C@H](CO)Cc3ccc(O)cc3)oc2cc1C. The second-order valence-electron chi connectivity index (χ2n) is 6.31. The zero-order chi connectivity index (χ0) is 18.0. The van der Waals surface area contributed by atoms with Crippen LogP contribution in [0.25, 0.3) is 11.0 Å². The zero-order valence-electron chi connectivity index (χ0n) is 14.2. The fourth-order valence-electron chi connectivity index (χ4n) is 2.75. The van der Waals surface area contributed by atoms with Crippen molar-refractivity contribution < 1.29 is 19.4 Å². The summed E-state index contributed by atoms with van der Waals surface area (Å²) in [6.07, 6.45) is 0.459. The number of benzene rings is 2. The molecular formula is C20H21NO4. The Morgan fingerprint density at radius 1 is 1.12 bits per heavy atom. The van der Waals surface area contributed by atoms with Crippen molar-refractivity contribution in [3.63, 3.8) is 0 Å². The summed E-state index contributed by atoms with van der Waals surface area (Å²) in [6.45, 7) is 3.82. The Hall–Kier alpha value is -2.79. The minimum atomic E-state index is -0.436. The number of aryl methyl sites for hydroxylation is 2. The second kappa shape index (κ2) is 6.99. The van der Waals surface area contributed by atoms with Crippen LogP contribution in [0.15, 0.2) is 46.9 Å². The van der Waals surface area contributed by atoms with E-state index < -0.39 is 6.04 Å². The lowest BCUT2D eigenvalue weighted by Gasteiger charge is -2.15. The number of fused-ring (bicyclic) bond motifs is 1. The van der Waals surface area contributed by atoms with Crippen LogP contribution < -0.4 is 5.32 Å². The number of carbonyl (C=O) groups excluding carboxylic acids is 1. The van der Waals surface area contributed by atoms with Gasteiger partial charge in [-0.15, -0.1) is 0 Å². The standard InChI is InChI=1S/C20H21NO4/c1-12-7-15-10-19(25-18(15)8-13(12)2)20(24)21-16(11-22)9-14-3-5-17(23)6-4-14/h3-8,10,16,22-23H,9,11H2,1-2H3,(H,21,24)/t16-/m0/s1. The summed E-state index contributed by atoms with van der Waals surface area (Å²) < 4.78 is 5.65. The second-order valence-corrected chi connectivity index (χ2v) is 6.31. The van der Waals surface area contributed by atoms with Gasteiger partial charge in [0.15, 0.2) is 5.76 Å². The summed E-state index contributed by atoms with van der Waals surface area (Å²) in [6, 6.07) is 11.9. The van der Waals surface area contributed by atoms with Crippen LogP contribution in [0.1, 0.15) is 27.2 Å². The van der Waals surface area contributed by atoms with E-state index in [1.165, 1.54) is 0 Å². The minimum Gasteiger partial charge on any atom is -0.508 e. The molecule has 25 heavy (non-hydrogen) atoms. The van der Waals surface area contributed by atoms with E-state index in [2.05, 4.69) is 5.32 Å². The number of aliphatic hydroxyl groups excluding tert-OH is 1. The largest absolute Gasteiger partial charge is 0.508 e. The normalized spacial score (nSPS) is 12.3. The highest BCUT2D eigenvalue weighted by atomic mass is 16.3. The van der Waals surface area contributed by atoms with E-state index >= 15 is 0 Å². The zero-order valence-corrected chi connectivity index (χ0v) is 14.2. The van der Waals surface area contributed by atoms with Crippen molar-refractivity contribution >= 4 is 16.9 Å². The molecule has 2 aromatic carbocycles. The smallest absolute Gasteiger partial charge is 0.287 e. The average Bonchev–Trinajstić information content (AvgIpc) is 2.99. The number of phenols is 1. The van der Waals surface area contributed by atoms with Crippen molar-refractivity contribution in [3.8, 4) is 5.75 Å². The van der Waals surface area contributed by atoms with Crippen LogP contribution in [0.3, 0.4) is 0 Å². The highest BCUT2D eigenvalue weighted by molar-refractivity contribution is 5.96. The topological polar surface area (TPSA) is 82.7 Å². The molecule has 0 spiro atoms. The van der Waals surface area contributed by atoms with E-state index in [1.807, 2.05) is 26.0 Å². The van der Waals surface area contributed by atoms with Gasteiger partial charge in [0.2, 0.25) is 0 Å². The van der Waals surface area contributed by atoms with Crippen LogP contribution >= 0.6 is 0 Å². The van der Waals surface area contributed by atoms with Gasteiger partial charge in [0.05, 0.1) is 12.6 Å². The first kappa shape index (κ1) is 17.0. The molecule has 1 atom stereocenters. The lowest BCUT2D eigenvalue weighted by atomic mass is 10.1. The van der Waals surface area contributed by atoms with Crippen molar-refractivity contribution in [2.24, 2.45) is 0 Å². The van der Waals surface area contributed by atoms with Gasteiger partial charge in [-0.3, -0.25) is 4.79 Å². The summed E-state index contributed by atoms with van der Waals surface area (Å²) >= 11 is 0. The molecule has 0 aliphatic heterocycles. The number of aliphatic hydroxyl groups is 1. The fourth-order valence-corrected chi connectivity index (χ4v) is 2.75. The van der Waals surface area contributed by atoms with Gasteiger partial charge in [-0.25, -0.2) is 0 Å². The van der Waals surface area contributed by atoms with Gasteiger partial charge in [-0.05, 0) is 67.3 Å². The van der Waals surface area contributed by atoms with Crippen LogP contribution in [0.2, 0.25) is 0 Å². The molecule has 3 rings (SSSR count). The molecule has 3 N–H and O–H groups in total. The predicted octanol–water partition coefficient (Wildman–Crippen LogP) is 3.09. The summed E-state index contributed by atoms with van der Waals surface area (Å²) in [5.74, 6) is 0.0506. The van der Waals surface area contributed by atoms with Crippen LogP contribution in [0.4, 0.5) is 0 Å². The molecule has 5 heteroatoms. The first-order valence-corrected chi connectivity index (χ1v) is 8.16. The Bertz CT molecular complexity index is 857. The van der Waals surface area contributed by atoms with Gasteiger partial charge >= 0.3 is 0 Å². The molecule has 1 heterocycles. The Labute approximate surface area is 145 Å². The molecule has 0 radical (unpaired) electrons. The molecule has 0 fully saturated rings. The first-order valence-electron chi connectivity index (χ1n) is 8.16. The van der Waals surface area contributed by atoms with Gasteiger partial charge in [0.1, 0.15) is 11.3 Å². The number of nitrogens with one attached hydrogen (secondary N) is 1. The molecule has 0 aliphatic carbocycles. The van der Waals surface area contributed by atoms with Gasteiger partial charge in [0, 0.05) is 5.39 Å². The van der Waals surface area contributed by atoms with Crippen molar-refractivity contribution in [2.75, 3.05) is 6.61 Å². The molecule has 0 saturated carbocycles. The number of amides is 1. The minimum absolute atomic E-state index is 0.182. The van der Waals surface area contributed by atoms with E-state index in [4.69, 9.17) is 4.42 Å². The van der Waals surface area contributed by atoms with Crippen molar-refractivity contribution in [1.29, 1.82) is 0 Å². The molecule has 5 nitrogen and oxygen atoms in total. The third kappa shape index (κ3) is 3.83. The lowest BCUT2D eigenvalue weighted by Crippen LogP contribution is -2.38. The Kier molecular flexibility index (Phi) is 4.76. The van der Waals surface area contributed by atoms with Gasteiger partial charge in [-0.2, -0.15) is 0 Å². The third-order valence-electron chi connectivity index (χ3n) is 4.33. The number of carbonyl (C=O) groups is 1. The predicted molar refractivity (Wildman–Crippen MR) is 95.8 cm³/mol. The molecular weight excluding hydrogens is 318 g/mol. The first-order chi connectivity index (χ1) is 12.0. The average molecular weight is 339 g/mol. The molecule has 0 saturated heterocycles. The molecule has 3 aromatic rings. The van der Waals surface area contributed by atoms with Crippen molar-refractivity contribution in [3.05, 3.63) is 64.9 Å². The Morgan fingerprint density at radius 2 is 1.80 bits per heavy atom. The highest BCUT2D eigenvalue weighted by Crippen LogP contribution is 2.23. The van der Waals surface area contributed by atoms with Gasteiger partial charge in [0.25, 0.3) is 5.91 Å². The molecule has 130 valence electrons. The quantitative estimate of drug-likeness (QED) is 0.667. The molecule has 0 bridgehead atoms. The Morgan fingerprint density at radius 3 is 2.48 bits per heavy atom. The third-order valence-corrected chi connectivity index (χ3v) is 4.33. The Balaban J connectivity index is 1.74. The molecule has 0 aliphatic rings. The fraction of sp³-hybridized carbons (Fsp3) is 0.250. The van der Waals surface area contributed by atoms with Gasteiger partial charge in [-0.1, -0.05) is 12.1 Å². The maximum absolute atomic E-state index is 12.4. The van der Waals surface area contributed by atoms with E-state index in [0.29, 0.717) is 12.0 Å². The monoisotopic (exact) mass is 339 g/mol. The van der Waals surface area contributed by atoms with E-state index in [9.17, 15) is 15.0 Å². The molecule has 0 unspecified atom stereocenters. The molecule has 1 aromatic heterocycles. The summed E-state index contributed by atoms with van der Waals surface area (Å²) in [7, 11) is 0. The number of aromatic hydroxyl groups is 1. The van der Waals surface area contributed by atoms with Crippen molar-refractivity contribution in [2.45, 2.75) is 26.3 Å². The number of hydrogen-bond acceptors (Lipinski definition) is 4. The number of hydrogen-bond donors (Lipinski definition) is 3. The maximum Gasteiger partial charge on any atom is 0.287 e. The lowest BCUT2D eigenvalue weighted by molar-refractivity contribution is 0.0890. The maximum atomic E-state index is 12.4.